The first-order chi connectivity index (χ1) is 14.2. The minimum absolute atomic E-state index is 0.157. The zero-order valence-electron chi connectivity index (χ0n) is 16.4. The molecule has 0 saturated carbocycles. The second-order valence-electron chi connectivity index (χ2n) is 7.27. The van der Waals surface area contributed by atoms with Crippen LogP contribution < -0.4 is 10.1 Å². The van der Waals surface area contributed by atoms with E-state index in [1.54, 1.807) is 43.4 Å². The molecule has 0 unspecified atom stereocenters. The number of hydrogen-bond acceptors (Lipinski definition) is 7. The molecule has 1 amide bonds. The highest BCUT2D eigenvalue weighted by Gasteiger charge is 2.53. The van der Waals surface area contributed by atoms with Gasteiger partial charge in [-0.15, -0.1) is 0 Å². The Morgan fingerprint density at radius 1 is 1.23 bits per heavy atom. The standard InChI is InChI=1S/C21H24ClNO7/c1-21(28)18(26)17(25)16(10-24)30-20(21)29-15-9-12(6-7-14(15)22)11-4-3-5-13(8-11)19(27)23-2/h3-9,16-18,20,24-26,28H,10H2,1-2H3,(H,23,27)/t16-,17-,18+,20+,21+/m1/s1. The van der Waals surface area contributed by atoms with E-state index in [0.717, 1.165) is 5.56 Å². The Labute approximate surface area is 178 Å². The topological polar surface area (TPSA) is 128 Å². The molecule has 30 heavy (non-hydrogen) atoms. The zero-order chi connectivity index (χ0) is 22.1. The highest BCUT2D eigenvalue weighted by Crippen LogP contribution is 2.36. The van der Waals surface area contributed by atoms with Crippen molar-refractivity contribution in [3.05, 3.63) is 53.1 Å². The summed E-state index contributed by atoms with van der Waals surface area (Å²) in [5.74, 6) is -0.0680. The van der Waals surface area contributed by atoms with Crippen LogP contribution in [0.5, 0.6) is 5.75 Å². The molecule has 0 radical (unpaired) electrons. The summed E-state index contributed by atoms with van der Waals surface area (Å²) < 4.78 is 11.2. The van der Waals surface area contributed by atoms with Gasteiger partial charge in [0.25, 0.3) is 5.91 Å². The normalized spacial score (nSPS) is 28.8. The van der Waals surface area contributed by atoms with Crippen LogP contribution in [0.2, 0.25) is 5.02 Å². The average molecular weight is 438 g/mol. The van der Waals surface area contributed by atoms with E-state index >= 15 is 0 Å². The molecule has 5 atom stereocenters. The summed E-state index contributed by atoms with van der Waals surface area (Å²) in [6.07, 6.45) is -5.65. The lowest BCUT2D eigenvalue weighted by molar-refractivity contribution is -0.314. The van der Waals surface area contributed by atoms with Crippen LogP contribution in [0.25, 0.3) is 11.1 Å². The summed E-state index contributed by atoms with van der Waals surface area (Å²) in [5, 5.41) is 43.0. The number of aliphatic hydroxyl groups is 4. The maximum absolute atomic E-state index is 11.9. The average Bonchev–Trinajstić information content (AvgIpc) is 2.75. The van der Waals surface area contributed by atoms with E-state index in [1.165, 1.54) is 6.92 Å². The van der Waals surface area contributed by atoms with Crippen LogP contribution in [0.15, 0.2) is 42.5 Å². The molecule has 2 aromatic rings. The van der Waals surface area contributed by atoms with Crippen molar-refractivity contribution in [2.24, 2.45) is 0 Å². The predicted molar refractivity (Wildman–Crippen MR) is 109 cm³/mol. The van der Waals surface area contributed by atoms with Gasteiger partial charge in [-0.25, -0.2) is 0 Å². The van der Waals surface area contributed by atoms with E-state index in [1.807, 2.05) is 6.07 Å². The zero-order valence-corrected chi connectivity index (χ0v) is 17.2. The van der Waals surface area contributed by atoms with Crippen molar-refractivity contribution in [2.75, 3.05) is 13.7 Å². The first kappa shape index (κ1) is 22.5. The molecule has 5 N–H and O–H groups in total. The Morgan fingerprint density at radius 2 is 1.93 bits per heavy atom. The number of aliphatic hydroxyl groups excluding tert-OH is 3. The lowest BCUT2D eigenvalue weighted by Gasteiger charge is -2.45. The molecule has 1 aliphatic heterocycles. The number of ether oxygens (including phenoxy) is 2. The summed E-state index contributed by atoms with van der Waals surface area (Å²) in [5.41, 5.74) is -0.0646. The fourth-order valence-corrected chi connectivity index (χ4v) is 3.40. The van der Waals surface area contributed by atoms with Crippen molar-refractivity contribution < 1.29 is 34.7 Å². The number of benzene rings is 2. The molecule has 1 saturated heterocycles. The van der Waals surface area contributed by atoms with Gasteiger partial charge in [-0.1, -0.05) is 29.8 Å². The smallest absolute Gasteiger partial charge is 0.251 e. The Hall–Kier alpha value is -2.20. The monoisotopic (exact) mass is 437 g/mol. The Balaban J connectivity index is 1.92. The molecule has 1 aliphatic rings. The van der Waals surface area contributed by atoms with E-state index in [2.05, 4.69) is 5.32 Å². The van der Waals surface area contributed by atoms with Crippen LogP contribution in [0, 0.1) is 0 Å². The van der Waals surface area contributed by atoms with Crippen molar-refractivity contribution >= 4 is 17.5 Å². The van der Waals surface area contributed by atoms with Gasteiger partial charge in [-0.3, -0.25) is 4.79 Å². The number of carbonyl (C=O) groups is 1. The minimum Gasteiger partial charge on any atom is -0.460 e. The SMILES string of the molecule is CNC(=O)c1cccc(-c2ccc(Cl)c(O[C@H]3O[C@H](CO)[C@@H](O)[C@H](O)[C@]3(C)O)c2)c1. The molecular weight excluding hydrogens is 414 g/mol. The Bertz CT molecular complexity index is 920. The van der Waals surface area contributed by atoms with Crippen LogP contribution in [-0.2, 0) is 4.74 Å². The number of hydrogen-bond donors (Lipinski definition) is 5. The molecule has 0 spiro atoms. The summed E-state index contributed by atoms with van der Waals surface area (Å²) in [6.45, 7) is 0.679. The number of halogens is 1. The number of amides is 1. The largest absolute Gasteiger partial charge is 0.460 e. The fraction of sp³-hybridized carbons (Fsp3) is 0.381. The summed E-state index contributed by atoms with van der Waals surface area (Å²) in [6, 6.07) is 11.9. The van der Waals surface area contributed by atoms with Crippen molar-refractivity contribution in [2.45, 2.75) is 37.1 Å². The van der Waals surface area contributed by atoms with Gasteiger partial charge < -0.3 is 35.2 Å². The maximum atomic E-state index is 11.9. The van der Waals surface area contributed by atoms with Gasteiger partial charge in [-0.05, 0) is 42.3 Å². The quantitative estimate of drug-likeness (QED) is 0.470. The van der Waals surface area contributed by atoms with Crippen molar-refractivity contribution in [1.29, 1.82) is 0 Å². The van der Waals surface area contributed by atoms with Gasteiger partial charge in [0, 0.05) is 12.6 Å². The van der Waals surface area contributed by atoms with E-state index in [9.17, 15) is 25.2 Å². The second kappa shape index (κ2) is 8.89. The molecular formula is C21H24ClNO7. The number of nitrogens with one attached hydrogen (secondary N) is 1. The van der Waals surface area contributed by atoms with E-state index in [0.29, 0.717) is 11.1 Å². The third kappa shape index (κ3) is 4.29. The lowest BCUT2D eigenvalue weighted by atomic mass is 9.88. The highest BCUT2D eigenvalue weighted by molar-refractivity contribution is 6.32. The molecule has 8 nitrogen and oxygen atoms in total. The first-order valence-electron chi connectivity index (χ1n) is 9.32. The Morgan fingerprint density at radius 3 is 2.60 bits per heavy atom. The number of rotatable bonds is 5. The van der Waals surface area contributed by atoms with Crippen LogP contribution in [0.4, 0.5) is 0 Å². The highest BCUT2D eigenvalue weighted by atomic mass is 35.5. The van der Waals surface area contributed by atoms with E-state index in [-0.39, 0.29) is 16.7 Å². The van der Waals surface area contributed by atoms with Gasteiger partial charge in [0.15, 0.2) is 5.60 Å². The van der Waals surface area contributed by atoms with Crippen molar-refractivity contribution in [1.82, 2.24) is 5.32 Å². The molecule has 1 fully saturated rings. The third-order valence-corrected chi connectivity index (χ3v) is 5.42. The van der Waals surface area contributed by atoms with E-state index in [4.69, 9.17) is 21.1 Å². The van der Waals surface area contributed by atoms with Crippen LogP contribution in [0.3, 0.4) is 0 Å². The minimum atomic E-state index is -1.97. The summed E-state index contributed by atoms with van der Waals surface area (Å²) >= 11 is 6.25. The summed E-state index contributed by atoms with van der Waals surface area (Å²) in [4.78, 5) is 11.9. The molecule has 0 aromatic heterocycles. The molecule has 9 heteroatoms. The molecule has 3 rings (SSSR count). The van der Waals surface area contributed by atoms with Gasteiger partial charge in [0.1, 0.15) is 24.1 Å². The van der Waals surface area contributed by atoms with Gasteiger partial charge in [0.05, 0.1) is 11.6 Å². The lowest BCUT2D eigenvalue weighted by Crippen LogP contribution is -2.66. The first-order valence-corrected chi connectivity index (χ1v) is 9.70. The molecule has 0 bridgehead atoms. The summed E-state index contributed by atoms with van der Waals surface area (Å²) in [7, 11) is 1.55. The van der Waals surface area contributed by atoms with Gasteiger partial charge >= 0.3 is 0 Å². The van der Waals surface area contributed by atoms with Crippen LogP contribution >= 0.6 is 11.6 Å². The molecule has 1 heterocycles. The Kier molecular flexibility index (Phi) is 6.66. The second-order valence-corrected chi connectivity index (χ2v) is 7.68. The molecule has 162 valence electrons. The molecule has 2 aromatic carbocycles. The van der Waals surface area contributed by atoms with Crippen molar-refractivity contribution in [3.63, 3.8) is 0 Å². The van der Waals surface area contributed by atoms with Gasteiger partial charge in [-0.2, -0.15) is 0 Å². The van der Waals surface area contributed by atoms with Gasteiger partial charge in [0.2, 0.25) is 6.29 Å². The maximum Gasteiger partial charge on any atom is 0.251 e. The van der Waals surface area contributed by atoms with Crippen molar-refractivity contribution in [3.8, 4) is 16.9 Å². The number of carbonyl (C=O) groups excluding carboxylic acids is 1. The van der Waals surface area contributed by atoms with Crippen LogP contribution in [0.1, 0.15) is 17.3 Å². The predicted octanol–water partition coefficient (Wildman–Crippen LogP) is 0.935. The fourth-order valence-electron chi connectivity index (χ4n) is 3.24. The van der Waals surface area contributed by atoms with Crippen LogP contribution in [-0.4, -0.2) is 70.2 Å². The molecule has 0 aliphatic carbocycles. The third-order valence-electron chi connectivity index (χ3n) is 5.11. The van der Waals surface area contributed by atoms with E-state index < -0.39 is 36.8 Å².